The number of hydrogen-bond donors (Lipinski definition) is 1. The summed E-state index contributed by atoms with van der Waals surface area (Å²) >= 11 is 0. The fourth-order valence-electron chi connectivity index (χ4n) is 3.68. The van der Waals surface area contributed by atoms with Gasteiger partial charge in [0.15, 0.2) is 0 Å². The Hall–Kier alpha value is -2.14. The van der Waals surface area contributed by atoms with Crippen LogP contribution in [-0.4, -0.2) is 25.2 Å². The number of benzene rings is 1. The average molecular weight is 343 g/mol. The average Bonchev–Trinajstić information content (AvgIpc) is 3.02. The number of carbonyl (C=O) groups is 1. The zero-order chi connectivity index (χ0) is 18.2. The van der Waals surface area contributed by atoms with Gasteiger partial charge in [0, 0.05) is 24.5 Å². The van der Waals surface area contributed by atoms with Crippen molar-refractivity contribution < 1.29 is 13.9 Å². The summed E-state index contributed by atoms with van der Waals surface area (Å²) in [5.74, 6) is -0.131. The first-order valence-electron chi connectivity index (χ1n) is 8.71. The summed E-state index contributed by atoms with van der Waals surface area (Å²) in [5.41, 5.74) is 0.663. The van der Waals surface area contributed by atoms with Crippen LogP contribution in [-0.2, 0) is 4.74 Å². The molecule has 5 nitrogen and oxygen atoms in total. The van der Waals surface area contributed by atoms with Gasteiger partial charge in [0.2, 0.25) is 0 Å². The van der Waals surface area contributed by atoms with Gasteiger partial charge in [0.25, 0.3) is 5.91 Å². The highest BCUT2D eigenvalue weighted by atomic mass is 16.5. The Labute approximate surface area is 147 Å². The molecular formula is C20H25NO4. The van der Waals surface area contributed by atoms with Crippen LogP contribution in [0, 0.1) is 18.3 Å². The molecule has 2 atom stereocenters. The maximum atomic E-state index is 12.6. The number of carbonyl (C=O) groups excluding carboxylic acids is 1. The van der Waals surface area contributed by atoms with Crippen molar-refractivity contribution in [2.45, 2.75) is 40.2 Å². The summed E-state index contributed by atoms with van der Waals surface area (Å²) in [6.45, 7) is 9.40. The second kappa shape index (κ2) is 6.64. The molecule has 1 aliphatic rings. The smallest absolute Gasteiger partial charge is 0.349 e. The molecule has 1 aromatic heterocycles. The molecule has 1 aromatic carbocycles. The van der Waals surface area contributed by atoms with Crippen LogP contribution >= 0.6 is 0 Å². The van der Waals surface area contributed by atoms with Crippen LogP contribution in [0.1, 0.15) is 43.1 Å². The molecule has 0 radical (unpaired) electrons. The van der Waals surface area contributed by atoms with Crippen molar-refractivity contribution in [3.05, 3.63) is 45.8 Å². The van der Waals surface area contributed by atoms with E-state index in [9.17, 15) is 9.59 Å². The van der Waals surface area contributed by atoms with E-state index in [1.54, 1.807) is 19.1 Å². The fraction of sp³-hybridized carbons (Fsp3) is 0.500. The Morgan fingerprint density at radius 1 is 1.28 bits per heavy atom. The lowest BCUT2D eigenvalue weighted by Crippen LogP contribution is -2.39. The molecular weight excluding hydrogens is 318 g/mol. The highest BCUT2D eigenvalue weighted by Gasteiger charge is 2.37. The molecule has 5 heteroatoms. The molecule has 1 fully saturated rings. The van der Waals surface area contributed by atoms with Crippen LogP contribution in [0.25, 0.3) is 11.0 Å². The van der Waals surface area contributed by atoms with E-state index in [2.05, 4.69) is 26.1 Å². The van der Waals surface area contributed by atoms with Gasteiger partial charge in [-0.2, -0.15) is 0 Å². The van der Waals surface area contributed by atoms with Gasteiger partial charge in [-0.25, -0.2) is 4.79 Å². The quantitative estimate of drug-likeness (QED) is 0.869. The van der Waals surface area contributed by atoms with Crippen LogP contribution in [0.5, 0.6) is 0 Å². The van der Waals surface area contributed by atoms with E-state index in [-0.39, 0.29) is 28.9 Å². The molecule has 0 spiro atoms. The number of aryl methyl sites for hydroxylation is 1. The second-order valence-electron chi connectivity index (χ2n) is 7.80. The predicted molar refractivity (Wildman–Crippen MR) is 96.9 cm³/mol. The number of hydrogen-bond acceptors (Lipinski definition) is 4. The van der Waals surface area contributed by atoms with Crippen molar-refractivity contribution in [1.29, 1.82) is 0 Å². The molecule has 0 aliphatic carbocycles. The number of nitrogens with one attached hydrogen (secondary N) is 1. The summed E-state index contributed by atoms with van der Waals surface area (Å²) in [4.78, 5) is 24.9. The summed E-state index contributed by atoms with van der Waals surface area (Å²) in [6.07, 6.45) is 1.01. The highest BCUT2D eigenvalue weighted by molar-refractivity contribution is 5.99. The second-order valence-corrected chi connectivity index (χ2v) is 7.80. The van der Waals surface area contributed by atoms with E-state index in [0.717, 1.165) is 11.8 Å². The SMILES string of the molecule is Cc1c(C(=O)NC[C@H]2CCO[C@@H]2C(C)(C)C)c(=O)oc2ccccc12. The van der Waals surface area contributed by atoms with Crippen LogP contribution in [0.15, 0.2) is 33.5 Å². The van der Waals surface area contributed by atoms with Gasteiger partial charge in [-0.3, -0.25) is 4.79 Å². The molecule has 1 aliphatic heterocycles. The summed E-state index contributed by atoms with van der Waals surface area (Å²) in [5, 5.41) is 3.69. The van der Waals surface area contributed by atoms with Gasteiger partial charge in [0.05, 0.1) is 6.10 Å². The van der Waals surface area contributed by atoms with Crippen molar-refractivity contribution in [3.63, 3.8) is 0 Å². The summed E-state index contributed by atoms with van der Waals surface area (Å²) in [7, 11) is 0. The number of amides is 1. The fourth-order valence-corrected chi connectivity index (χ4v) is 3.68. The van der Waals surface area contributed by atoms with Gasteiger partial charge in [-0.05, 0) is 30.4 Å². The summed E-state index contributed by atoms with van der Waals surface area (Å²) in [6, 6.07) is 7.25. The lowest BCUT2D eigenvalue weighted by Gasteiger charge is -2.31. The molecule has 0 saturated carbocycles. The van der Waals surface area contributed by atoms with Crippen molar-refractivity contribution in [2.75, 3.05) is 13.2 Å². The first-order valence-corrected chi connectivity index (χ1v) is 8.71. The topological polar surface area (TPSA) is 68.5 Å². The van der Waals surface area contributed by atoms with Crippen molar-refractivity contribution in [1.82, 2.24) is 5.32 Å². The van der Waals surface area contributed by atoms with Gasteiger partial charge >= 0.3 is 5.63 Å². The van der Waals surface area contributed by atoms with Crippen LogP contribution in [0.4, 0.5) is 0 Å². The molecule has 1 amide bonds. The van der Waals surface area contributed by atoms with Crippen molar-refractivity contribution in [3.8, 4) is 0 Å². The largest absolute Gasteiger partial charge is 0.422 e. The minimum absolute atomic E-state index is 0.0176. The Morgan fingerprint density at radius 3 is 2.72 bits per heavy atom. The van der Waals surface area contributed by atoms with Gasteiger partial charge in [0.1, 0.15) is 11.1 Å². The van der Waals surface area contributed by atoms with E-state index in [0.29, 0.717) is 24.3 Å². The zero-order valence-electron chi connectivity index (χ0n) is 15.2. The van der Waals surface area contributed by atoms with Gasteiger partial charge < -0.3 is 14.5 Å². The Bertz CT molecular complexity index is 847. The third kappa shape index (κ3) is 3.47. The Kier molecular flexibility index (Phi) is 4.69. The molecule has 134 valence electrons. The van der Waals surface area contributed by atoms with E-state index in [1.807, 2.05) is 12.1 Å². The first-order chi connectivity index (χ1) is 11.8. The third-order valence-corrected chi connectivity index (χ3v) is 4.89. The monoisotopic (exact) mass is 343 g/mol. The maximum absolute atomic E-state index is 12.6. The maximum Gasteiger partial charge on any atom is 0.349 e. The van der Waals surface area contributed by atoms with Crippen LogP contribution in [0.2, 0.25) is 0 Å². The molecule has 0 unspecified atom stereocenters. The molecule has 0 bridgehead atoms. The number of rotatable bonds is 3. The van der Waals surface area contributed by atoms with E-state index < -0.39 is 5.63 Å². The van der Waals surface area contributed by atoms with Crippen LogP contribution in [0.3, 0.4) is 0 Å². The van der Waals surface area contributed by atoms with E-state index in [1.165, 1.54) is 0 Å². The Morgan fingerprint density at radius 2 is 2.00 bits per heavy atom. The standard InChI is InChI=1S/C20H25NO4/c1-12-14-7-5-6-8-15(14)25-19(23)16(12)18(22)21-11-13-9-10-24-17(13)20(2,3)4/h5-8,13,17H,9-11H2,1-4H3,(H,21,22)/t13-,17+/m1/s1. The Balaban J connectivity index is 1.80. The highest BCUT2D eigenvalue weighted by Crippen LogP contribution is 2.34. The van der Waals surface area contributed by atoms with Crippen molar-refractivity contribution in [2.24, 2.45) is 11.3 Å². The molecule has 1 N–H and O–H groups in total. The number of para-hydroxylation sites is 1. The third-order valence-electron chi connectivity index (χ3n) is 4.89. The zero-order valence-corrected chi connectivity index (χ0v) is 15.2. The normalized spacial score (nSPS) is 20.8. The molecule has 25 heavy (non-hydrogen) atoms. The van der Waals surface area contributed by atoms with Crippen molar-refractivity contribution >= 4 is 16.9 Å². The van der Waals surface area contributed by atoms with Gasteiger partial charge in [-0.15, -0.1) is 0 Å². The minimum Gasteiger partial charge on any atom is -0.422 e. The lowest BCUT2D eigenvalue weighted by atomic mass is 9.81. The first kappa shape index (κ1) is 17.7. The van der Waals surface area contributed by atoms with Gasteiger partial charge in [-0.1, -0.05) is 39.0 Å². The van der Waals surface area contributed by atoms with Crippen LogP contribution < -0.4 is 10.9 Å². The van der Waals surface area contributed by atoms with E-state index >= 15 is 0 Å². The lowest BCUT2D eigenvalue weighted by molar-refractivity contribution is 0.00736. The molecule has 3 rings (SSSR count). The summed E-state index contributed by atoms with van der Waals surface area (Å²) < 4.78 is 11.1. The molecule has 2 aromatic rings. The molecule has 1 saturated heterocycles. The molecule has 2 heterocycles. The minimum atomic E-state index is -0.594. The van der Waals surface area contributed by atoms with E-state index in [4.69, 9.17) is 9.15 Å². The number of fused-ring (bicyclic) bond motifs is 1. The number of ether oxygens (including phenoxy) is 1. The predicted octanol–water partition coefficient (Wildman–Crippen LogP) is 3.28.